The van der Waals surface area contributed by atoms with E-state index in [1.807, 2.05) is 14.1 Å². The molecule has 0 aromatic carbocycles. The Kier molecular flexibility index (Phi) is 54.1. The molecule has 0 aromatic heterocycles. The van der Waals surface area contributed by atoms with E-state index in [9.17, 15) is 4.79 Å². The van der Waals surface area contributed by atoms with Crippen molar-refractivity contribution < 1.29 is 42.7 Å². The minimum atomic E-state index is -0.540. The summed E-state index contributed by atoms with van der Waals surface area (Å²) in [5.41, 5.74) is 0. The molecule has 1 aliphatic heterocycles. The topological polar surface area (TPSA) is 94.2 Å². The van der Waals surface area contributed by atoms with Gasteiger partial charge in [-0.25, -0.2) is 0 Å². The smallest absolute Gasteiger partial charge is 0.305 e. The summed E-state index contributed by atoms with van der Waals surface area (Å²) < 4.78 is 50.0. The maximum atomic E-state index is 12.8. The van der Waals surface area contributed by atoms with Crippen molar-refractivity contribution in [1.82, 2.24) is 4.90 Å². The maximum absolute atomic E-state index is 12.8. The Hall–Kier alpha value is -0.850. The summed E-state index contributed by atoms with van der Waals surface area (Å²) in [5, 5.41) is 0. The number of ether oxygens (including phenoxy) is 8. The minimum absolute atomic E-state index is 0.155. The molecule has 0 bridgehead atoms. The average molecular weight is 1030 g/mol. The molecule has 1 fully saturated rings. The van der Waals surface area contributed by atoms with Crippen molar-refractivity contribution in [2.24, 2.45) is 0 Å². The third kappa shape index (κ3) is 46.5. The van der Waals surface area contributed by atoms with Gasteiger partial charge in [0.15, 0.2) is 6.29 Å². The van der Waals surface area contributed by atoms with Crippen molar-refractivity contribution in [3.8, 4) is 0 Å². The molecule has 430 valence electrons. The molecule has 0 amide bonds. The summed E-state index contributed by atoms with van der Waals surface area (Å²) in [6, 6.07) is 0. The van der Waals surface area contributed by atoms with Crippen molar-refractivity contribution in [2.75, 3.05) is 86.7 Å². The predicted octanol–water partition coefficient (Wildman–Crippen LogP) is 16.7. The van der Waals surface area contributed by atoms with Crippen LogP contribution in [0.25, 0.3) is 0 Å². The molecule has 1 saturated heterocycles. The van der Waals surface area contributed by atoms with Crippen LogP contribution in [0.15, 0.2) is 0 Å². The van der Waals surface area contributed by atoms with Crippen molar-refractivity contribution in [2.45, 2.75) is 309 Å². The number of carbonyl (C=O) groups is 1. The van der Waals surface area contributed by atoms with Crippen LogP contribution < -0.4 is 0 Å². The molecule has 1 heterocycles. The maximum Gasteiger partial charge on any atom is 0.305 e. The van der Waals surface area contributed by atoms with E-state index >= 15 is 0 Å². The number of carbonyl (C=O) groups excluding carboxylic acids is 1. The Morgan fingerprint density at radius 3 is 0.986 bits per heavy atom. The fraction of sp³-hybridized carbons (Fsp3) is 0.984. The summed E-state index contributed by atoms with van der Waals surface area (Å²) in [7, 11) is 4.06. The molecule has 1 unspecified atom stereocenters. The Labute approximate surface area is 447 Å². The molecule has 0 spiro atoms. The van der Waals surface area contributed by atoms with Crippen LogP contribution >= 0.6 is 0 Å². The van der Waals surface area contributed by atoms with Crippen molar-refractivity contribution in [3.63, 3.8) is 0 Å². The Bertz CT molecular complexity index is 1070. The van der Waals surface area contributed by atoms with E-state index in [1.165, 1.54) is 205 Å². The highest BCUT2D eigenvalue weighted by Crippen LogP contribution is 2.29. The van der Waals surface area contributed by atoms with Gasteiger partial charge in [0.1, 0.15) is 24.9 Å². The Balaban J connectivity index is 2.59. The van der Waals surface area contributed by atoms with Gasteiger partial charge in [-0.2, -0.15) is 0 Å². The highest BCUT2D eigenvalue weighted by Gasteiger charge is 2.47. The van der Waals surface area contributed by atoms with E-state index < -0.39 is 12.4 Å². The number of esters is 1. The van der Waals surface area contributed by atoms with Gasteiger partial charge >= 0.3 is 5.97 Å². The molecule has 0 saturated carbocycles. The molecule has 0 aliphatic carbocycles. The molecule has 0 radical (unpaired) electrons. The van der Waals surface area contributed by atoms with Gasteiger partial charge in [0.25, 0.3) is 0 Å². The van der Waals surface area contributed by atoms with Gasteiger partial charge in [-0.3, -0.25) is 4.79 Å². The fourth-order valence-electron chi connectivity index (χ4n) is 9.59. The number of hydrogen-bond donors (Lipinski definition) is 0. The first-order valence-electron chi connectivity index (χ1n) is 31.6. The van der Waals surface area contributed by atoms with Gasteiger partial charge in [-0.05, 0) is 84.8 Å². The first-order chi connectivity index (χ1) is 35.5. The van der Waals surface area contributed by atoms with E-state index in [2.05, 4.69) is 25.7 Å². The quantitative estimate of drug-likeness (QED) is 0.0433. The van der Waals surface area contributed by atoms with Crippen LogP contribution in [0.5, 0.6) is 0 Å². The fourth-order valence-corrected chi connectivity index (χ4v) is 9.59. The second kappa shape index (κ2) is 56.4. The van der Waals surface area contributed by atoms with Crippen molar-refractivity contribution >= 4 is 5.97 Å². The van der Waals surface area contributed by atoms with Crippen molar-refractivity contribution in [1.29, 1.82) is 0 Å². The molecule has 0 aromatic rings. The summed E-state index contributed by atoms with van der Waals surface area (Å²) >= 11 is 0. The van der Waals surface area contributed by atoms with E-state index in [-0.39, 0.29) is 24.8 Å². The van der Waals surface area contributed by atoms with Crippen molar-refractivity contribution in [3.05, 3.63) is 0 Å². The molecular weight excluding hydrogens is 903 g/mol. The van der Waals surface area contributed by atoms with Crippen LogP contribution in [-0.4, -0.2) is 122 Å². The van der Waals surface area contributed by atoms with E-state index in [4.69, 9.17) is 37.9 Å². The van der Waals surface area contributed by atoms with Crippen LogP contribution in [0.2, 0.25) is 0 Å². The third-order valence-corrected chi connectivity index (χ3v) is 14.3. The lowest BCUT2D eigenvalue weighted by atomic mass is 10.1. The van der Waals surface area contributed by atoms with Crippen LogP contribution in [0.3, 0.4) is 0 Å². The van der Waals surface area contributed by atoms with E-state index in [0.717, 1.165) is 97.6 Å². The molecule has 1 rings (SSSR count). The molecule has 10 heteroatoms. The highest BCUT2D eigenvalue weighted by atomic mass is 16.7. The number of unbranched alkanes of at least 4 members (excludes halogenated alkanes) is 33. The van der Waals surface area contributed by atoms with Gasteiger partial charge in [-0.15, -0.1) is 0 Å². The van der Waals surface area contributed by atoms with Gasteiger partial charge in [-0.1, -0.05) is 213 Å². The van der Waals surface area contributed by atoms with Crippen LogP contribution in [0.1, 0.15) is 284 Å². The lowest BCUT2D eigenvalue weighted by molar-refractivity contribution is -0.184. The molecule has 1 aliphatic rings. The lowest BCUT2D eigenvalue weighted by Crippen LogP contribution is -2.40. The first kappa shape index (κ1) is 69.2. The largest absolute Gasteiger partial charge is 0.463 e. The highest BCUT2D eigenvalue weighted by molar-refractivity contribution is 5.69. The Morgan fingerprint density at radius 1 is 0.361 bits per heavy atom. The van der Waals surface area contributed by atoms with Gasteiger partial charge in [0.2, 0.25) is 0 Å². The average Bonchev–Trinajstić information content (AvgIpc) is 3.70. The molecule has 0 N–H and O–H groups in total. The third-order valence-electron chi connectivity index (χ3n) is 14.3. The molecule has 72 heavy (non-hydrogen) atoms. The molecule has 4 atom stereocenters. The van der Waals surface area contributed by atoms with Gasteiger partial charge < -0.3 is 42.8 Å². The van der Waals surface area contributed by atoms with Crippen LogP contribution in [0.4, 0.5) is 0 Å². The minimum Gasteiger partial charge on any atom is -0.463 e. The first-order valence-corrected chi connectivity index (χ1v) is 31.6. The number of nitrogens with zero attached hydrogens (tertiary/aromatic N) is 1. The zero-order chi connectivity index (χ0) is 51.9. The predicted molar refractivity (Wildman–Crippen MR) is 302 cm³/mol. The van der Waals surface area contributed by atoms with Gasteiger partial charge in [0.05, 0.1) is 0 Å². The van der Waals surface area contributed by atoms with E-state index in [0.29, 0.717) is 26.2 Å². The summed E-state index contributed by atoms with van der Waals surface area (Å²) in [5.74, 6) is -0.188. The molecular formula is C62H123NO9. The Morgan fingerprint density at radius 2 is 0.653 bits per heavy atom. The second-order valence-corrected chi connectivity index (χ2v) is 21.7. The summed E-state index contributed by atoms with van der Waals surface area (Å²) in [4.78, 5) is 14.9. The zero-order valence-electron chi connectivity index (χ0n) is 48.7. The summed E-state index contributed by atoms with van der Waals surface area (Å²) in [6.07, 6.45) is 48.0. The SMILES string of the molecule is CCCCCCCCOCCCCCCCCCOC1[C@@H](COC(=O)CCCN(C)C)O[C@@H](OCCCCCCCCCOCCCCCCCC)[C@H]1OCCCCCCCCCOCCCCCCCC. The monoisotopic (exact) mass is 1030 g/mol. The molecule has 10 nitrogen and oxygen atoms in total. The second-order valence-electron chi connectivity index (χ2n) is 21.7. The number of hydrogen-bond acceptors (Lipinski definition) is 10. The van der Waals surface area contributed by atoms with Gasteiger partial charge in [0, 0.05) is 65.9 Å². The summed E-state index contributed by atoms with van der Waals surface area (Å²) in [6.45, 7) is 15.2. The zero-order valence-corrected chi connectivity index (χ0v) is 48.7. The normalized spacial score (nSPS) is 17.0. The lowest BCUT2D eigenvalue weighted by Gasteiger charge is -2.25. The standard InChI is InChI=1S/C62H123NO9/c1-6-9-12-15-27-36-48-65-51-39-30-21-18-24-33-42-54-68-60-58(57-71-59(64)46-45-47-63(4)5)72-62(70-56-44-35-26-20-23-32-41-53-67-50-38-29-17-14-11-8-3)61(60)69-55-43-34-25-19-22-31-40-52-66-49-37-28-16-13-10-7-2/h58,60-62H,6-57H2,1-5H3/t58-,60?,61+,62-/m1/s1. The van der Waals surface area contributed by atoms with E-state index in [1.54, 1.807) is 0 Å². The van der Waals surface area contributed by atoms with Crippen LogP contribution in [-0.2, 0) is 42.7 Å². The van der Waals surface area contributed by atoms with Crippen LogP contribution in [0, 0.1) is 0 Å². The number of rotatable bonds is 60.